The normalized spacial score (nSPS) is 17.1. The molecule has 136 valence electrons. The van der Waals surface area contributed by atoms with E-state index in [4.69, 9.17) is 5.73 Å². The molecule has 0 aliphatic carbocycles. The Labute approximate surface area is 152 Å². The van der Waals surface area contributed by atoms with Crippen LogP contribution in [0.25, 0.3) is 0 Å². The summed E-state index contributed by atoms with van der Waals surface area (Å²) in [6.07, 6.45) is 6.00. The molecule has 1 amide bonds. The van der Waals surface area contributed by atoms with E-state index in [0.29, 0.717) is 0 Å². The average Bonchev–Trinajstić information content (AvgIpc) is 2.56. The third-order valence-corrected chi connectivity index (χ3v) is 4.69. The van der Waals surface area contributed by atoms with Crippen LogP contribution in [0, 0.1) is 5.92 Å². The maximum Gasteiger partial charge on any atom is 0.236 e. The largest absolute Gasteiger partial charge is 0.355 e. The van der Waals surface area contributed by atoms with Crippen molar-refractivity contribution in [2.45, 2.75) is 45.1 Å². The van der Waals surface area contributed by atoms with Crippen molar-refractivity contribution >= 4 is 18.3 Å². The number of nitrogens with zero attached hydrogens (tertiary/aromatic N) is 1. The molecule has 1 unspecified atom stereocenters. The Balaban J connectivity index is 0.00000288. The Bertz CT molecular complexity index is 459. The molecule has 1 aromatic rings. The first-order chi connectivity index (χ1) is 11.1. The van der Waals surface area contributed by atoms with Gasteiger partial charge in [-0.3, -0.25) is 4.79 Å². The van der Waals surface area contributed by atoms with E-state index in [0.717, 1.165) is 31.8 Å². The highest BCUT2D eigenvalue weighted by Gasteiger charge is 2.18. The van der Waals surface area contributed by atoms with Gasteiger partial charge in [0, 0.05) is 6.54 Å². The van der Waals surface area contributed by atoms with Gasteiger partial charge in [0.2, 0.25) is 5.91 Å². The molecule has 0 aromatic heterocycles. The molecule has 2 rings (SSSR count). The van der Waals surface area contributed by atoms with Crippen molar-refractivity contribution in [3.05, 3.63) is 35.9 Å². The molecule has 1 fully saturated rings. The quantitative estimate of drug-likeness (QED) is 0.706. The van der Waals surface area contributed by atoms with E-state index in [1.54, 1.807) is 6.92 Å². The van der Waals surface area contributed by atoms with Gasteiger partial charge in [0.1, 0.15) is 0 Å². The van der Waals surface area contributed by atoms with E-state index in [1.165, 1.54) is 37.9 Å². The third kappa shape index (κ3) is 7.65. The number of rotatable bonds is 8. The van der Waals surface area contributed by atoms with Crippen LogP contribution in [0.2, 0.25) is 0 Å². The molecule has 0 bridgehead atoms. The molecule has 1 aliphatic rings. The van der Waals surface area contributed by atoms with Gasteiger partial charge >= 0.3 is 0 Å². The number of nitrogens with one attached hydrogen (secondary N) is 1. The predicted molar refractivity (Wildman–Crippen MR) is 102 cm³/mol. The summed E-state index contributed by atoms with van der Waals surface area (Å²) in [7, 11) is 0. The van der Waals surface area contributed by atoms with E-state index in [9.17, 15) is 4.79 Å². The molecule has 1 heterocycles. The lowest BCUT2D eigenvalue weighted by molar-refractivity contribution is -0.121. The van der Waals surface area contributed by atoms with E-state index in [-0.39, 0.29) is 18.3 Å². The zero-order chi connectivity index (χ0) is 16.5. The molecule has 5 heteroatoms. The van der Waals surface area contributed by atoms with Crippen LogP contribution >= 0.6 is 12.4 Å². The lowest BCUT2D eigenvalue weighted by Crippen LogP contribution is -2.39. The van der Waals surface area contributed by atoms with E-state index in [1.807, 2.05) is 0 Å². The van der Waals surface area contributed by atoms with Crippen LogP contribution in [-0.2, 0) is 11.2 Å². The number of likely N-dealkylation sites (tertiary alicyclic amines) is 1. The van der Waals surface area contributed by atoms with Crippen molar-refractivity contribution in [1.82, 2.24) is 10.2 Å². The minimum absolute atomic E-state index is 0. The maximum atomic E-state index is 11.3. The Morgan fingerprint density at radius 3 is 2.54 bits per heavy atom. The summed E-state index contributed by atoms with van der Waals surface area (Å²) in [5.41, 5.74) is 6.98. The van der Waals surface area contributed by atoms with Gasteiger partial charge in [0.05, 0.1) is 6.04 Å². The summed E-state index contributed by atoms with van der Waals surface area (Å²) >= 11 is 0. The van der Waals surface area contributed by atoms with Crippen molar-refractivity contribution in [1.29, 1.82) is 0 Å². The highest BCUT2D eigenvalue weighted by atomic mass is 35.5. The number of nitrogens with two attached hydrogens (primary N) is 1. The maximum absolute atomic E-state index is 11.3. The zero-order valence-corrected chi connectivity index (χ0v) is 15.6. The Morgan fingerprint density at radius 1 is 1.25 bits per heavy atom. The van der Waals surface area contributed by atoms with Gasteiger partial charge in [-0.1, -0.05) is 30.3 Å². The number of carbonyl (C=O) groups is 1. The van der Waals surface area contributed by atoms with Gasteiger partial charge < -0.3 is 16.0 Å². The van der Waals surface area contributed by atoms with Gasteiger partial charge in [-0.25, -0.2) is 0 Å². The van der Waals surface area contributed by atoms with E-state index < -0.39 is 6.04 Å². The van der Waals surface area contributed by atoms with Gasteiger partial charge in [-0.15, -0.1) is 12.4 Å². The number of carbonyl (C=O) groups excluding carboxylic acids is 1. The second kappa shape index (κ2) is 11.5. The molecule has 1 aromatic carbocycles. The van der Waals surface area contributed by atoms with Crippen LogP contribution < -0.4 is 11.1 Å². The van der Waals surface area contributed by atoms with Crippen LogP contribution in [0.3, 0.4) is 0 Å². The number of unbranched alkanes of at least 4 members (excludes halogenated alkanes) is 1. The second-order valence-electron chi connectivity index (χ2n) is 6.76. The molecule has 0 spiro atoms. The molecule has 1 atom stereocenters. The molecule has 1 saturated heterocycles. The molecular formula is C19H32ClN3O. The number of hydrogen-bond donors (Lipinski definition) is 2. The lowest BCUT2D eigenvalue weighted by Gasteiger charge is -2.32. The predicted octanol–water partition coefficient (Wildman–Crippen LogP) is 2.61. The standard InChI is InChI=1S/C19H31N3O.ClH/c1-16(20)19(23)21-11-5-6-12-22-13-9-18(10-14-22)15-17-7-3-2-4-8-17;/h2-4,7-8,16,18H,5-6,9-15,20H2,1H3,(H,21,23);1H. The van der Waals surface area contributed by atoms with Crippen molar-refractivity contribution < 1.29 is 4.79 Å². The van der Waals surface area contributed by atoms with E-state index in [2.05, 4.69) is 40.5 Å². The van der Waals surface area contributed by atoms with E-state index >= 15 is 0 Å². The highest BCUT2D eigenvalue weighted by molar-refractivity contribution is 5.85. The van der Waals surface area contributed by atoms with Crippen LogP contribution in [0.15, 0.2) is 30.3 Å². The highest BCUT2D eigenvalue weighted by Crippen LogP contribution is 2.21. The molecule has 3 N–H and O–H groups in total. The monoisotopic (exact) mass is 353 g/mol. The average molecular weight is 354 g/mol. The fourth-order valence-corrected chi connectivity index (χ4v) is 3.19. The van der Waals surface area contributed by atoms with Crippen LogP contribution in [-0.4, -0.2) is 43.0 Å². The lowest BCUT2D eigenvalue weighted by atomic mass is 9.90. The van der Waals surface area contributed by atoms with Crippen LogP contribution in [0.4, 0.5) is 0 Å². The summed E-state index contributed by atoms with van der Waals surface area (Å²) in [5, 5.41) is 2.87. The second-order valence-corrected chi connectivity index (χ2v) is 6.76. The van der Waals surface area contributed by atoms with Crippen molar-refractivity contribution in [2.24, 2.45) is 11.7 Å². The first-order valence-electron chi connectivity index (χ1n) is 8.94. The Kier molecular flexibility index (Phi) is 9.99. The van der Waals surface area contributed by atoms with Gasteiger partial charge in [0.25, 0.3) is 0 Å². The number of amides is 1. The van der Waals surface area contributed by atoms with Gasteiger partial charge in [-0.05, 0) is 70.1 Å². The summed E-state index contributed by atoms with van der Waals surface area (Å²) in [6.45, 7) is 6.03. The number of hydrogen-bond acceptors (Lipinski definition) is 3. The smallest absolute Gasteiger partial charge is 0.236 e. The number of halogens is 1. The third-order valence-electron chi connectivity index (χ3n) is 4.69. The van der Waals surface area contributed by atoms with Crippen molar-refractivity contribution in [3.8, 4) is 0 Å². The summed E-state index contributed by atoms with van der Waals surface area (Å²) in [4.78, 5) is 13.9. The Morgan fingerprint density at radius 2 is 1.92 bits per heavy atom. The molecule has 1 aliphatic heterocycles. The van der Waals surface area contributed by atoms with Gasteiger partial charge in [-0.2, -0.15) is 0 Å². The molecule has 0 saturated carbocycles. The van der Waals surface area contributed by atoms with Crippen molar-refractivity contribution in [3.63, 3.8) is 0 Å². The fourth-order valence-electron chi connectivity index (χ4n) is 3.19. The van der Waals surface area contributed by atoms with Crippen molar-refractivity contribution in [2.75, 3.05) is 26.2 Å². The number of piperidine rings is 1. The van der Waals surface area contributed by atoms with Gasteiger partial charge in [0.15, 0.2) is 0 Å². The molecule has 24 heavy (non-hydrogen) atoms. The summed E-state index contributed by atoms with van der Waals surface area (Å²) in [5.74, 6) is 0.783. The molecular weight excluding hydrogens is 322 g/mol. The molecule has 0 radical (unpaired) electrons. The first kappa shape index (κ1) is 20.9. The topological polar surface area (TPSA) is 58.4 Å². The SMILES string of the molecule is CC(N)C(=O)NCCCCN1CCC(Cc2ccccc2)CC1.Cl. The summed E-state index contributed by atoms with van der Waals surface area (Å²) in [6, 6.07) is 10.4. The minimum Gasteiger partial charge on any atom is -0.355 e. The first-order valence-corrected chi connectivity index (χ1v) is 8.94. The fraction of sp³-hybridized carbons (Fsp3) is 0.632. The molecule has 4 nitrogen and oxygen atoms in total. The summed E-state index contributed by atoms with van der Waals surface area (Å²) < 4.78 is 0. The van der Waals surface area contributed by atoms with Crippen LogP contribution in [0.1, 0.15) is 38.2 Å². The minimum atomic E-state index is -0.404. The number of benzene rings is 1. The Hall–Kier alpha value is -1.10. The van der Waals surface area contributed by atoms with Crippen LogP contribution in [0.5, 0.6) is 0 Å². The zero-order valence-electron chi connectivity index (χ0n) is 14.7.